The Balaban J connectivity index is 3.02. The van der Waals surface area contributed by atoms with E-state index < -0.39 is 0 Å². The maximum Gasteiger partial charge on any atom is 0.0466 e. The molecule has 0 aromatic rings. The summed E-state index contributed by atoms with van der Waals surface area (Å²) in [6, 6.07) is 0. The monoisotopic (exact) mass is 155 g/mol. The zero-order valence-corrected chi connectivity index (χ0v) is 7.73. The van der Waals surface area contributed by atoms with Crippen molar-refractivity contribution in [2.75, 3.05) is 13.2 Å². The molecule has 0 bridgehead atoms. The third kappa shape index (κ3) is 7.60. The van der Waals surface area contributed by atoms with E-state index in [0.717, 1.165) is 13.0 Å². The first-order valence-corrected chi connectivity index (χ1v) is 4.30. The Labute approximate surface area is 70.4 Å². The maximum absolute atomic E-state index is 5.12. The number of hydrogen-bond donors (Lipinski definition) is 0. The Bertz CT molecular complexity index is 105. The summed E-state index contributed by atoms with van der Waals surface area (Å²) in [5, 5.41) is 0. The second-order valence-corrected chi connectivity index (χ2v) is 2.70. The van der Waals surface area contributed by atoms with Crippen molar-refractivity contribution >= 4 is 0 Å². The second kappa shape index (κ2) is 7.80. The quantitative estimate of drug-likeness (QED) is 0.423. The summed E-state index contributed by atoms with van der Waals surface area (Å²) in [6.45, 7) is 9.32. The largest absolute Gasteiger partial charge is 0.381 e. The SMILES string of the molecule is [CH2]COCCCCC(C)=CC. The van der Waals surface area contributed by atoms with Gasteiger partial charge in [0.1, 0.15) is 0 Å². The zero-order chi connectivity index (χ0) is 8.53. The fourth-order valence-corrected chi connectivity index (χ4v) is 0.854. The lowest BCUT2D eigenvalue weighted by atomic mass is 10.1. The summed E-state index contributed by atoms with van der Waals surface area (Å²) in [7, 11) is 0. The first kappa shape index (κ1) is 10.7. The van der Waals surface area contributed by atoms with Crippen LogP contribution in [0.25, 0.3) is 0 Å². The molecule has 0 saturated carbocycles. The molecule has 65 valence electrons. The molecule has 1 radical (unpaired) electrons. The third-order valence-corrected chi connectivity index (χ3v) is 1.75. The molecule has 11 heavy (non-hydrogen) atoms. The van der Waals surface area contributed by atoms with E-state index in [0.29, 0.717) is 6.61 Å². The highest BCUT2D eigenvalue weighted by Crippen LogP contribution is 2.05. The smallest absolute Gasteiger partial charge is 0.0466 e. The summed E-state index contributed by atoms with van der Waals surface area (Å²) in [5.41, 5.74) is 1.47. The van der Waals surface area contributed by atoms with Crippen LogP contribution in [-0.4, -0.2) is 13.2 Å². The molecule has 0 rings (SSSR count). The van der Waals surface area contributed by atoms with Crippen molar-refractivity contribution in [2.24, 2.45) is 0 Å². The first-order valence-electron chi connectivity index (χ1n) is 4.30. The van der Waals surface area contributed by atoms with Crippen LogP contribution in [-0.2, 0) is 4.74 Å². The van der Waals surface area contributed by atoms with Crippen LogP contribution in [0.4, 0.5) is 0 Å². The molecule has 0 heterocycles. The highest BCUT2D eigenvalue weighted by atomic mass is 16.5. The van der Waals surface area contributed by atoms with Gasteiger partial charge in [0.15, 0.2) is 0 Å². The summed E-state index contributed by atoms with van der Waals surface area (Å²) >= 11 is 0. The lowest BCUT2D eigenvalue weighted by molar-refractivity contribution is 0.156. The summed E-state index contributed by atoms with van der Waals surface area (Å²) in [4.78, 5) is 0. The molecule has 0 aromatic heterocycles. The summed E-state index contributed by atoms with van der Waals surface area (Å²) in [6.07, 6.45) is 5.76. The molecular weight excluding hydrogens is 136 g/mol. The van der Waals surface area contributed by atoms with Crippen LogP contribution in [0.15, 0.2) is 11.6 Å². The summed E-state index contributed by atoms with van der Waals surface area (Å²) in [5.74, 6) is 0. The van der Waals surface area contributed by atoms with Gasteiger partial charge in [-0.15, -0.1) is 0 Å². The molecule has 0 spiro atoms. The van der Waals surface area contributed by atoms with E-state index in [1.165, 1.54) is 18.4 Å². The Morgan fingerprint density at radius 3 is 2.73 bits per heavy atom. The van der Waals surface area contributed by atoms with Crippen molar-refractivity contribution in [3.8, 4) is 0 Å². The molecule has 0 amide bonds. The first-order chi connectivity index (χ1) is 5.31. The molecular formula is C10H19O. The van der Waals surface area contributed by atoms with Gasteiger partial charge in [0.2, 0.25) is 0 Å². The van der Waals surface area contributed by atoms with Gasteiger partial charge in [-0.3, -0.25) is 0 Å². The van der Waals surface area contributed by atoms with Crippen molar-refractivity contribution in [1.29, 1.82) is 0 Å². The highest BCUT2D eigenvalue weighted by molar-refractivity contribution is 4.94. The number of hydrogen-bond acceptors (Lipinski definition) is 1. The van der Waals surface area contributed by atoms with Crippen LogP contribution in [0.1, 0.15) is 33.1 Å². The van der Waals surface area contributed by atoms with E-state index in [1.54, 1.807) is 0 Å². The maximum atomic E-state index is 5.12. The molecule has 0 N–H and O–H groups in total. The third-order valence-electron chi connectivity index (χ3n) is 1.75. The second-order valence-electron chi connectivity index (χ2n) is 2.70. The predicted molar refractivity (Wildman–Crippen MR) is 49.5 cm³/mol. The van der Waals surface area contributed by atoms with Gasteiger partial charge in [0.25, 0.3) is 0 Å². The Morgan fingerprint density at radius 2 is 2.18 bits per heavy atom. The van der Waals surface area contributed by atoms with E-state index in [1.807, 2.05) is 0 Å². The number of unbranched alkanes of at least 4 members (excludes halogenated alkanes) is 1. The van der Waals surface area contributed by atoms with Crippen molar-refractivity contribution < 1.29 is 4.74 Å². The number of rotatable bonds is 6. The van der Waals surface area contributed by atoms with Gasteiger partial charge in [-0.2, -0.15) is 0 Å². The van der Waals surface area contributed by atoms with Crippen LogP contribution >= 0.6 is 0 Å². The minimum atomic E-state index is 0.600. The molecule has 0 saturated heterocycles. The van der Waals surface area contributed by atoms with Gasteiger partial charge < -0.3 is 4.74 Å². The van der Waals surface area contributed by atoms with E-state index >= 15 is 0 Å². The molecule has 1 nitrogen and oxygen atoms in total. The van der Waals surface area contributed by atoms with Crippen molar-refractivity contribution in [2.45, 2.75) is 33.1 Å². The minimum Gasteiger partial charge on any atom is -0.381 e. The van der Waals surface area contributed by atoms with Crippen LogP contribution in [0.5, 0.6) is 0 Å². The molecule has 1 heteroatoms. The number of allylic oxidation sites excluding steroid dienone is 2. The van der Waals surface area contributed by atoms with Crippen LogP contribution < -0.4 is 0 Å². The zero-order valence-electron chi connectivity index (χ0n) is 7.73. The van der Waals surface area contributed by atoms with E-state index in [9.17, 15) is 0 Å². The average molecular weight is 155 g/mol. The molecule has 0 fully saturated rings. The highest BCUT2D eigenvalue weighted by Gasteiger charge is 1.89. The van der Waals surface area contributed by atoms with Gasteiger partial charge in [0.05, 0.1) is 0 Å². The topological polar surface area (TPSA) is 9.23 Å². The Hall–Kier alpha value is -0.300. The predicted octanol–water partition coefficient (Wildman–Crippen LogP) is 2.97. The number of ether oxygens (including phenoxy) is 1. The normalized spacial score (nSPS) is 12.1. The minimum absolute atomic E-state index is 0.600. The molecule has 0 unspecified atom stereocenters. The molecule has 0 aromatic carbocycles. The van der Waals surface area contributed by atoms with E-state index in [4.69, 9.17) is 4.74 Å². The Morgan fingerprint density at radius 1 is 1.45 bits per heavy atom. The molecule has 0 aliphatic carbocycles. The lowest BCUT2D eigenvalue weighted by Crippen LogP contribution is -1.93. The average Bonchev–Trinajstić information content (AvgIpc) is 2.04. The van der Waals surface area contributed by atoms with E-state index in [-0.39, 0.29) is 0 Å². The molecule has 0 aliphatic rings. The van der Waals surface area contributed by atoms with Gasteiger partial charge in [-0.05, 0) is 40.0 Å². The fourth-order valence-electron chi connectivity index (χ4n) is 0.854. The van der Waals surface area contributed by atoms with E-state index in [2.05, 4.69) is 26.8 Å². The van der Waals surface area contributed by atoms with Gasteiger partial charge >= 0.3 is 0 Å². The van der Waals surface area contributed by atoms with Crippen LogP contribution in [0.3, 0.4) is 0 Å². The van der Waals surface area contributed by atoms with Crippen molar-refractivity contribution in [3.05, 3.63) is 18.6 Å². The standard InChI is InChI=1S/C10H19O/c1-4-10(3)8-6-7-9-11-5-2/h4H,2,5-9H2,1,3H3. The van der Waals surface area contributed by atoms with Crippen LogP contribution in [0.2, 0.25) is 0 Å². The van der Waals surface area contributed by atoms with Crippen molar-refractivity contribution in [3.63, 3.8) is 0 Å². The van der Waals surface area contributed by atoms with Crippen LogP contribution in [0, 0.1) is 6.92 Å². The molecule has 0 aliphatic heterocycles. The summed E-state index contributed by atoms with van der Waals surface area (Å²) < 4.78 is 5.12. The van der Waals surface area contributed by atoms with Crippen molar-refractivity contribution in [1.82, 2.24) is 0 Å². The Kier molecular flexibility index (Phi) is 7.59. The fraction of sp³-hybridized carbons (Fsp3) is 0.700. The van der Waals surface area contributed by atoms with Gasteiger partial charge in [-0.1, -0.05) is 11.6 Å². The lowest BCUT2D eigenvalue weighted by Gasteiger charge is -2.01. The molecule has 0 atom stereocenters. The van der Waals surface area contributed by atoms with Gasteiger partial charge in [0, 0.05) is 13.2 Å². The van der Waals surface area contributed by atoms with Gasteiger partial charge in [-0.25, -0.2) is 0 Å².